The van der Waals surface area contributed by atoms with Gasteiger partial charge in [0, 0.05) is 12.6 Å². The van der Waals surface area contributed by atoms with Crippen molar-refractivity contribution in [2.24, 2.45) is 0 Å². The van der Waals surface area contributed by atoms with E-state index in [2.05, 4.69) is 25.9 Å². The van der Waals surface area contributed by atoms with Crippen molar-refractivity contribution >= 4 is 15.9 Å². The molecule has 13 heavy (non-hydrogen) atoms. The zero-order valence-electron chi connectivity index (χ0n) is 6.94. The van der Waals surface area contributed by atoms with E-state index in [1.165, 1.54) is 6.33 Å². The van der Waals surface area contributed by atoms with Crippen LogP contribution in [-0.2, 0) is 4.74 Å². The number of hydrogen-bond acceptors (Lipinski definition) is 4. The average Bonchev–Trinajstić information content (AvgIpc) is 2.61. The van der Waals surface area contributed by atoms with Gasteiger partial charge in [-0.2, -0.15) is 0 Å². The highest BCUT2D eigenvalue weighted by molar-refractivity contribution is 9.10. The lowest BCUT2D eigenvalue weighted by molar-refractivity contribution is 0.137. The van der Waals surface area contributed by atoms with Gasteiger partial charge in [-0.1, -0.05) is 0 Å². The van der Waals surface area contributed by atoms with Gasteiger partial charge in [0.05, 0.1) is 17.7 Å². The topological polar surface area (TPSA) is 44.2 Å². The average molecular weight is 245 g/mol. The number of rotatable bonds is 2. The molecule has 2 heterocycles. The molecule has 0 aliphatic carbocycles. The van der Waals surface area contributed by atoms with Gasteiger partial charge < -0.3 is 9.47 Å². The zero-order valence-corrected chi connectivity index (χ0v) is 8.53. The van der Waals surface area contributed by atoms with Gasteiger partial charge >= 0.3 is 0 Å². The van der Waals surface area contributed by atoms with Gasteiger partial charge in [0.1, 0.15) is 12.4 Å². The second-order valence-corrected chi connectivity index (χ2v) is 3.63. The van der Waals surface area contributed by atoms with Crippen molar-refractivity contribution in [3.05, 3.63) is 17.0 Å². The van der Waals surface area contributed by atoms with Crippen LogP contribution in [0.2, 0.25) is 0 Å². The molecule has 1 unspecified atom stereocenters. The minimum Gasteiger partial charge on any atom is -0.471 e. The third-order valence-electron chi connectivity index (χ3n) is 1.80. The second kappa shape index (κ2) is 4.02. The SMILES string of the molecule is Brc1cncnc1OC1CCOC1. The quantitative estimate of drug-likeness (QED) is 0.790. The molecule has 4 nitrogen and oxygen atoms in total. The molecule has 0 aromatic carbocycles. The Bertz CT molecular complexity index is 289. The Balaban J connectivity index is 2.04. The lowest BCUT2D eigenvalue weighted by Gasteiger charge is -2.10. The number of ether oxygens (including phenoxy) is 2. The summed E-state index contributed by atoms with van der Waals surface area (Å²) in [6, 6.07) is 0. The summed E-state index contributed by atoms with van der Waals surface area (Å²) in [5.74, 6) is 0.588. The third-order valence-corrected chi connectivity index (χ3v) is 2.34. The van der Waals surface area contributed by atoms with Gasteiger partial charge in [-0.05, 0) is 15.9 Å². The maximum absolute atomic E-state index is 5.58. The van der Waals surface area contributed by atoms with E-state index < -0.39 is 0 Å². The van der Waals surface area contributed by atoms with E-state index in [1.807, 2.05) is 0 Å². The van der Waals surface area contributed by atoms with Gasteiger partial charge in [-0.3, -0.25) is 0 Å². The molecule has 1 saturated heterocycles. The molecule has 0 radical (unpaired) electrons. The maximum Gasteiger partial charge on any atom is 0.231 e. The first-order chi connectivity index (χ1) is 6.36. The maximum atomic E-state index is 5.58. The standard InChI is InChI=1S/C8H9BrN2O2/c9-7-3-10-5-11-8(7)13-6-1-2-12-4-6/h3,5-6H,1-2,4H2. The van der Waals surface area contributed by atoms with Crippen molar-refractivity contribution in [1.29, 1.82) is 0 Å². The number of aromatic nitrogens is 2. The number of halogens is 1. The fraction of sp³-hybridized carbons (Fsp3) is 0.500. The molecule has 0 saturated carbocycles. The first-order valence-corrected chi connectivity index (χ1v) is 4.85. The molecule has 1 aliphatic rings. The summed E-state index contributed by atoms with van der Waals surface area (Å²) >= 11 is 3.31. The van der Waals surface area contributed by atoms with Crippen LogP contribution < -0.4 is 4.74 Å². The second-order valence-electron chi connectivity index (χ2n) is 2.78. The molecular formula is C8H9BrN2O2. The Labute approximate surface area is 84.4 Å². The van der Waals surface area contributed by atoms with Gasteiger partial charge in [-0.15, -0.1) is 0 Å². The first-order valence-electron chi connectivity index (χ1n) is 4.06. The van der Waals surface area contributed by atoms with Gasteiger partial charge in [-0.25, -0.2) is 9.97 Å². The molecule has 1 atom stereocenters. The molecule has 2 rings (SSSR count). The van der Waals surface area contributed by atoms with E-state index in [4.69, 9.17) is 9.47 Å². The molecular weight excluding hydrogens is 236 g/mol. The highest BCUT2D eigenvalue weighted by atomic mass is 79.9. The van der Waals surface area contributed by atoms with Crippen molar-refractivity contribution in [3.63, 3.8) is 0 Å². The summed E-state index contributed by atoms with van der Waals surface area (Å²) in [6.45, 7) is 1.42. The monoisotopic (exact) mass is 244 g/mol. The van der Waals surface area contributed by atoms with Gasteiger partial charge in [0.2, 0.25) is 5.88 Å². The van der Waals surface area contributed by atoms with Crippen molar-refractivity contribution in [3.8, 4) is 5.88 Å². The molecule has 1 fully saturated rings. The molecule has 0 N–H and O–H groups in total. The smallest absolute Gasteiger partial charge is 0.231 e. The van der Waals surface area contributed by atoms with E-state index in [-0.39, 0.29) is 6.10 Å². The highest BCUT2D eigenvalue weighted by Gasteiger charge is 2.18. The van der Waals surface area contributed by atoms with Crippen LogP contribution in [-0.4, -0.2) is 29.3 Å². The summed E-state index contributed by atoms with van der Waals surface area (Å²) in [7, 11) is 0. The molecule has 0 amide bonds. The Morgan fingerprint density at radius 1 is 1.62 bits per heavy atom. The van der Waals surface area contributed by atoms with E-state index >= 15 is 0 Å². The predicted molar refractivity (Wildman–Crippen MR) is 49.6 cm³/mol. The fourth-order valence-electron chi connectivity index (χ4n) is 1.15. The lowest BCUT2D eigenvalue weighted by atomic mass is 10.3. The number of hydrogen-bond donors (Lipinski definition) is 0. The molecule has 0 bridgehead atoms. The summed E-state index contributed by atoms with van der Waals surface area (Å²) in [5, 5.41) is 0. The number of nitrogens with zero attached hydrogens (tertiary/aromatic N) is 2. The van der Waals surface area contributed by atoms with E-state index in [1.54, 1.807) is 6.20 Å². The summed E-state index contributed by atoms with van der Waals surface area (Å²) in [4.78, 5) is 7.86. The lowest BCUT2D eigenvalue weighted by Crippen LogP contribution is -2.16. The zero-order chi connectivity index (χ0) is 9.10. The molecule has 70 valence electrons. The highest BCUT2D eigenvalue weighted by Crippen LogP contribution is 2.22. The summed E-state index contributed by atoms with van der Waals surface area (Å²) in [5.41, 5.74) is 0. The van der Waals surface area contributed by atoms with Crippen LogP contribution in [0.15, 0.2) is 17.0 Å². The normalized spacial score (nSPS) is 21.8. The molecule has 0 spiro atoms. The van der Waals surface area contributed by atoms with Crippen LogP contribution in [0.5, 0.6) is 5.88 Å². The van der Waals surface area contributed by atoms with Gasteiger partial charge in [0.25, 0.3) is 0 Å². The largest absolute Gasteiger partial charge is 0.471 e. The van der Waals surface area contributed by atoms with Crippen molar-refractivity contribution in [1.82, 2.24) is 9.97 Å². The molecule has 5 heteroatoms. The molecule has 1 aliphatic heterocycles. The molecule has 1 aromatic rings. The fourth-order valence-corrected chi connectivity index (χ4v) is 1.47. The van der Waals surface area contributed by atoms with E-state index in [0.29, 0.717) is 12.5 Å². The Kier molecular flexibility index (Phi) is 2.75. The van der Waals surface area contributed by atoms with E-state index in [0.717, 1.165) is 17.5 Å². The predicted octanol–water partition coefficient (Wildman–Crippen LogP) is 1.41. The minimum absolute atomic E-state index is 0.131. The van der Waals surface area contributed by atoms with Crippen LogP contribution >= 0.6 is 15.9 Å². The van der Waals surface area contributed by atoms with Crippen LogP contribution in [0.1, 0.15) is 6.42 Å². The van der Waals surface area contributed by atoms with Crippen LogP contribution in [0.3, 0.4) is 0 Å². The van der Waals surface area contributed by atoms with Crippen molar-refractivity contribution < 1.29 is 9.47 Å². The third kappa shape index (κ3) is 2.16. The van der Waals surface area contributed by atoms with Crippen molar-refractivity contribution in [2.45, 2.75) is 12.5 Å². The Morgan fingerprint density at radius 2 is 2.54 bits per heavy atom. The van der Waals surface area contributed by atoms with Crippen LogP contribution in [0, 0.1) is 0 Å². The Hall–Kier alpha value is -0.680. The van der Waals surface area contributed by atoms with Crippen LogP contribution in [0.4, 0.5) is 0 Å². The first kappa shape index (κ1) is 8.90. The van der Waals surface area contributed by atoms with Gasteiger partial charge in [0.15, 0.2) is 0 Å². The summed E-state index contributed by atoms with van der Waals surface area (Å²) < 4.78 is 11.5. The summed E-state index contributed by atoms with van der Waals surface area (Å²) in [6.07, 6.45) is 4.19. The Morgan fingerprint density at radius 3 is 3.23 bits per heavy atom. The van der Waals surface area contributed by atoms with E-state index in [9.17, 15) is 0 Å². The van der Waals surface area contributed by atoms with Crippen LogP contribution in [0.25, 0.3) is 0 Å². The minimum atomic E-state index is 0.131. The van der Waals surface area contributed by atoms with Crippen molar-refractivity contribution in [2.75, 3.05) is 13.2 Å². The molecule has 1 aromatic heterocycles.